The summed E-state index contributed by atoms with van der Waals surface area (Å²) >= 11 is 0.964. The Labute approximate surface area is 291 Å². The van der Waals surface area contributed by atoms with Gasteiger partial charge in [0.25, 0.3) is 17.4 Å². The van der Waals surface area contributed by atoms with Crippen molar-refractivity contribution in [3.63, 3.8) is 0 Å². The van der Waals surface area contributed by atoms with Gasteiger partial charge in [-0.15, -0.1) is 15.6 Å². The number of hydrogen-bond acceptors (Lipinski definition) is 14. The number of fused-ring (bicyclic) bond motifs is 1. The first-order valence-corrected chi connectivity index (χ1v) is 18.1. The van der Waals surface area contributed by atoms with Crippen LogP contribution in [-0.2, 0) is 40.3 Å². The summed E-state index contributed by atoms with van der Waals surface area (Å²) < 4.78 is 41.8. The number of thiazole rings is 1. The van der Waals surface area contributed by atoms with Crippen molar-refractivity contribution in [2.24, 2.45) is 10.9 Å². The number of nitrogens with one attached hydrogen (secondary N) is 3. The predicted molar refractivity (Wildman–Crippen MR) is 180 cm³/mol. The van der Waals surface area contributed by atoms with Crippen molar-refractivity contribution >= 4 is 56.2 Å². The molecule has 2 fully saturated rings. The van der Waals surface area contributed by atoms with Gasteiger partial charge in [0.05, 0.1) is 5.54 Å². The summed E-state index contributed by atoms with van der Waals surface area (Å²) in [6, 6.07) is 4.22. The molecule has 2 amide bonds. The van der Waals surface area contributed by atoms with Crippen LogP contribution in [0.25, 0.3) is 0 Å². The highest BCUT2D eigenvalue weighted by Gasteiger charge is 2.58. The molecule has 1 aromatic heterocycles. The standard InChI is InChI=1S/C30H40N8O10S2/c1-29(2)23(26(40)38(29)48-50(43,44)45)36-25(39)22(19-14-49-28(33)35-19)37-47-30(3,27(41)42)21-12-8-15-13-16(7-11-20(15)46-21)24(32)34-18-6-4-5-17(31)9-10-18/h7,11,13-14,17-18,21,23H,4-6,8-10,12,31H2,1-3H3,(H2,32,34)(H2,33,35)(H,36,39)(H,41,42)(H,43,44,45)/t17-,18-,21?,23?,30?/m1/s1. The number of aryl methyl sites for hydroxylation is 1. The third kappa shape index (κ3) is 7.83. The van der Waals surface area contributed by atoms with E-state index < -0.39 is 57.2 Å². The number of amidine groups is 1. The Morgan fingerprint density at radius 2 is 1.96 bits per heavy atom. The molecule has 1 saturated heterocycles. The van der Waals surface area contributed by atoms with E-state index in [-0.39, 0.29) is 35.2 Å². The van der Waals surface area contributed by atoms with Gasteiger partial charge in [0, 0.05) is 23.0 Å². The summed E-state index contributed by atoms with van der Waals surface area (Å²) in [5.74, 6) is -2.77. The Balaban J connectivity index is 1.32. The minimum Gasteiger partial charge on any atom is -0.485 e. The normalized spacial score (nSPS) is 24.8. The van der Waals surface area contributed by atoms with Crippen LogP contribution in [-0.4, -0.2) is 92.8 Å². The maximum absolute atomic E-state index is 13.5. The van der Waals surface area contributed by atoms with Crippen LogP contribution in [0, 0.1) is 5.41 Å². The number of anilines is 1. The van der Waals surface area contributed by atoms with Gasteiger partial charge >= 0.3 is 16.4 Å². The Morgan fingerprint density at radius 3 is 2.60 bits per heavy atom. The number of oxime groups is 1. The summed E-state index contributed by atoms with van der Waals surface area (Å²) in [5.41, 5.74) is 9.14. The number of carboxylic acids is 1. The number of nitrogens with two attached hydrogens (primary N) is 2. The number of benzene rings is 1. The Morgan fingerprint density at radius 1 is 1.22 bits per heavy atom. The molecule has 9 N–H and O–H groups in total. The fourth-order valence-corrected chi connectivity index (χ4v) is 7.09. The molecule has 2 aliphatic heterocycles. The lowest BCUT2D eigenvalue weighted by Crippen LogP contribution is -2.76. The molecule has 18 nitrogen and oxygen atoms in total. The third-order valence-corrected chi connectivity index (χ3v) is 10.1. The van der Waals surface area contributed by atoms with E-state index >= 15 is 0 Å². The van der Waals surface area contributed by atoms with Crippen LogP contribution in [0.4, 0.5) is 5.13 Å². The molecule has 3 aliphatic rings. The summed E-state index contributed by atoms with van der Waals surface area (Å²) in [6.45, 7) is 3.99. The van der Waals surface area contributed by atoms with Gasteiger partial charge in [-0.1, -0.05) is 5.16 Å². The largest absolute Gasteiger partial charge is 0.485 e. The highest BCUT2D eigenvalue weighted by Crippen LogP contribution is 2.35. The molecule has 1 aliphatic carbocycles. The van der Waals surface area contributed by atoms with Gasteiger partial charge in [-0.3, -0.25) is 19.6 Å². The van der Waals surface area contributed by atoms with Crippen LogP contribution in [0.3, 0.4) is 0 Å². The number of nitrogen functional groups attached to an aromatic ring is 1. The SMILES string of the molecule is CC(ON=C(C(=O)NC1C(=O)N(OS(=O)(=O)O)C1(C)C)c1csc(N)n1)(C(=O)O)C1CCc2cc(C(=N)N[C@@H]3CCC[C@@H](N)CC3)ccc2O1. The van der Waals surface area contributed by atoms with Gasteiger partial charge in [0.1, 0.15) is 23.3 Å². The molecular formula is C30H40N8O10S2. The molecule has 1 aromatic carbocycles. The summed E-state index contributed by atoms with van der Waals surface area (Å²) in [6.07, 6.45) is 4.20. The number of rotatable bonds is 11. The second-order valence-corrected chi connectivity index (χ2v) is 15.1. The van der Waals surface area contributed by atoms with E-state index in [1.165, 1.54) is 26.2 Å². The van der Waals surface area contributed by atoms with Gasteiger partial charge in [0.15, 0.2) is 16.9 Å². The Bertz CT molecular complexity index is 1820. The highest BCUT2D eigenvalue weighted by atomic mass is 32.3. The molecule has 0 radical (unpaired) electrons. The molecule has 0 spiro atoms. The van der Waals surface area contributed by atoms with E-state index in [2.05, 4.69) is 25.1 Å². The van der Waals surface area contributed by atoms with Crippen molar-refractivity contribution in [1.82, 2.24) is 20.7 Å². The number of aliphatic carboxylic acids is 1. The van der Waals surface area contributed by atoms with E-state index in [4.69, 9.17) is 31.0 Å². The number of hydrogen-bond donors (Lipinski definition) is 7. The Kier molecular flexibility index (Phi) is 10.4. The second-order valence-electron chi connectivity index (χ2n) is 13.2. The van der Waals surface area contributed by atoms with Gasteiger partial charge in [-0.25, -0.2) is 9.78 Å². The van der Waals surface area contributed by atoms with Crippen LogP contribution in [0.15, 0.2) is 28.7 Å². The fourth-order valence-electron chi connectivity index (χ4n) is 6.09. The van der Waals surface area contributed by atoms with Gasteiger partial charge in [-0.05, 0) is 89.5 Å². The first kappa shape index (κ1) is 36.9. The van der Waals surface area contributed by atoms with E-state index in [9.17, 15) is 27.9 Å². The number of aromatic nitrogens is 1. The number of β-lactam (4-membered cyclic amide) rings is 1. The molecule has 2 aromatic rings. The highest BCUT2D eigenvalue weighted by molar-refractivity contribution is 7.80. The molecule has 5 atom stereocenters. The predicted octanol–water partition coefficient (Wildman–Crippen LogP) is 1.10. The second kappa shape index (κ2) is 14.1. The minimum absolute atomic E-state index is 0.0579. The van der Waals surface area contributed by atoms with Crippen molar-refractivity contribution in [1.29, 1.82) is 5.41 Å². The summed E-state index contributed by atoms with van der Waals surface area (Å²) in [5, 5.41) is 30.4. The Hall–Kier alpha value is -4.37. The maximum Gasteiger partial charge on any atom is 0.418 e. The molecule has 3 unspecified atom stereocenters. The monoisotopic (exact) mass is 736 g/mol. The molecule has 20 heteroatoms. The average molecular weight is 737 g/mol. The number of ether oxygens (including phenoxy) is 1. The molecular weight excluding hydrogens is 697 g/mol. The van der Waals surface area contributed by atoms with Crippen molar-refractivity contribution in [2.45, 2.75) is 101 Å². The van der Waals surface area contributed by atoms with Crippen molar-refractivity contribution in [2.75, 3.05) is 5.73 Å². The quantitative estimate of drug-likeness (QED) is 0.0425. The first-order chi connectivity index (χ1) is 23.4. The van der Waals surface area contributed by atoms with Crippen LogP contribution in [0.2, 0.25) is 0 Å². The maximum atomic E-state index is 13.5. The smallest absolute Gasteiger partial charge is 0.418 e. The van der Waals surface area contributed by atoms with Crippen LogP contribution in [0.5, 0.6) is 5.75 Å². The zero-order chi connectivity index (χ0) is 36.6. The summed E-state index contributed by atoms with van der Waals surface area (Å²) in [4.78, 5) is 48.4. The molecule has 272 valence electrons. The van der Waals surface area contributed by atoms with Gasteiger partial charge < -0.3 is 36.8 Å². The number of carbonyl (C=O) groups excluding carboxylic acids is 2. The molecule has 0 bridgehead atoms. The van der Waals surface area contributed by atoms with Crippen LogP contribution in [0.1, 0.15) is 76.1 Å². The number of carbonyl (C=O) groups is 3. The topological polar surface area (TPSA) is 282 Å². The molecule has 1 saturated carbocycles. The van der Waals surface area contributed by atoms with E-state index in [0.717, 1.165) is 49.0 Å². The zero-order valence-electron chi connectivity index (χ0n) is 27.5. The van der Waals surface area contributed by atoms with Crippen molar-refractivity contribution in [3.05, 3.63) is 40.4 Å². The lowest BCUT2D eigenvalue weighted by Gasteiger charge is -2.50. The lowest BCUT2D eigenvalue weighted by molar-refractivity contribution is -0.218. The van der Waals surface area contributed by atoms with Gasteiger partial charge in [-0.2, -0.15) is 13.5 Å². The first-order valence-electron chi connectivity index (χ1n) is 15.8. The lowest BCUT2D eigenvalue weighted by atomic mass is 9.84. The van der Waals surface area contributed by atoms with Crippen LogP contribution < -0.4 is 26.8 Å². The zero-order valence-corrected chi connectivity index (χ0v) is 29.2. The number of carboxylic acid groups (broad SMARTS) is 1. The van der Waals surface area contributed by atoms with Crippen molar-refractivity contribution in [3.8, 4) is 5.75 Å². The molecule has 50 heavy (non-hydrogen) atoms. The van der Waals surface area contributed by atoms with Crippen molar-refractivity contribution < 1.29 is 46.3 Å². The van der Waals surface area contributed by atoms with E-state index in [1.807, 2.05) is 6.07 Å². The summed E-state index contributed by atoms with van der Waals surface area (Å²) in [7, 11) is -5.03. The van der Waals surface area contributed by atoms with Gasteiger partial charge in [0.2, 0.25) is 0 Å². The van der Waals surface area contributed by atoms with Crippen LogP contribution >= 0.6 is 11.3 Å². The number of amides is 2. The fraction of sp³-hybridized carbons (Fsp3) is 0.533. The van der Waals surface area contributed by atoms with E-state index in [0.29, 0.717) is 22.8 Å². The minimum atomic E-state index is -5.03. The molecule has 3 heterocycles. The number of hydroxylamine groups is 2. The van der Waals surface area contributed by atoms with E-state index in [1.54, 1.807) is 12.1 Å². The number of nitrogens with zero attached hydrogens (tertiary/aromatic N) is 3. The average Bonchev–Trinajstić information content (AvgIpc) is 3.38. The third-order valence-electron chi connectivity index (χ3n) is 9.12. The molecule has 5 rings (SSSR count).